The second-order valence-electron chi connectivity index (χ2n) is 4.05. The molecule has 2 rings (SSSR count). The molecule has 98 valence electrons. The number of aryl methyl sites for hydroxylation is 1. The fraction of sp³-hybridized carbons (Fsp3) is 0.143. The maximum atomic E-state index is 12.0. The first-order chi connectivity index (χ1) is 9.11. The molecule has 0 spiro atoms. The van der Waals surface area contributed by atoms with Crippen molar-refractivity contribution in [3.8, 4) is 0 Å². The summed E-state index contributed by atoms with van der Waals surface area (Å²) in [5.74, 6) is -0.329. The topological polar surface area (TPSA) is 58.2 Å². The van der Waals surface area contributed by atoms with E-state index in [2.05, 4.69) is 10.6 Å². The molecule has 2 amide bonds. The molecule has 2 N–H and O–H groups in total. The van der Waals surface area contributed by atoms with E-state index in [4.69, 9.17) is 0 Å². The molecule has 4 nitrogen and oxygen atoms in total. The molecule has 0 saturated heterocycles. The predicted octanol–water partition coefficient (Wildman–Crippen LogP) is 2.67. The van der Waals surface area contributed by atoms with Crippen LogP contribution >= 0.6 is 11.3 Å². The Hall–Kier alpha value is -2.14. The molecule has 2 aromatic rings. The minimum absolute atomic E-state index is 0.151. The van der Waals surface area contributed by atoms with Crippen LogP contribution in [0.5, 0.6) is 0 Å². The van der Waals surface area contributed by atoms with Gasteiger partial charge < -0.3 is 10.6 Å². The highest BCUT2D eigenvalue weighted by molar-refractivity contribution is 7.12. The molecule has 0 fully saturated rings. The van der Waals surface area contributed by atoms with Gasteiger partial charge in [-0.15, -0.1) is 11.3 Å². The van der Waals surface area contributed by atoms with Gasteiger partial charge in [-0.1, -0.05) is 6.07 Å². The van der Waals surface area contributed by atoms with Crippen LogP contribution in [0.3, 0.4) is 0 Å². The summed E-state index contributed by atoms with van der Waals surface area (Å²) < 4.78 is 0. The number of hydrogen-bond acceptors (Lipinski definition) is 3. The molecule has 1 heterocycles. The van der Waals surface area contributed by atoms with Gasteiger partial charge in [-0.2, -0.15) is 0 Å². The van der Waals surface area contributed by atoms with Crippen LogP contribution < -0.4 is 10.6 Å². The van der Waals surface area contributed by atoms with Crippen LogP contribution in [0.2, 0.25) is 0 Å². The summed E-state index contributed by atoms with van der Waals surface area (Å²) in [5.41, 5.74) is 2.08. The van der Waals surface area contributed by atoms with Crippen molar-refractivity contribution in [2.75, 3.05) is 12.4 Å². The smallest absolute Gasteiger partial charge is 0.265 e. The summed E-state index contributed by atoms with van der Waals surface area (Å²) in [7, 11) is 1.57. The summed E-state index contributed by atoms with van der Waals surface area (Å²) in [5, 5.41) is 7.23. The highest BCUT2D eigenvalue weighted by Gasteiger charge is 2.11. The lowest BCUT2D eigenvalue weighted by Crippen LogP contribution is -2.18. The number of anilines is 1. The van der Waals surface area contributed by atoms with Crippen molar-refractivity contribution >= 4 is 28.8 Å². The Bertz CT molecular complexity index is 619. The summed E-state index contributed by atoms with van der Waals surface area (Å²) >= 11 is 1.40. The maximum absolute atomic E-state index is 12.0. The summed E-state index contributed by atoms with van der Waals surface area (Å²) in [6.07, 6.45) is 0. The van der Waals surface area contributed by atoms with Gasteiger partial charge in [0.2, 0.25) is 0 Å². The molecule has 0 aliphatic heterocycles. The van der Waals surface area contributed by atoms with Crippen LogP contribution in [0.25, 0.3) is 0 Å². The minimum atomic E-state index is -0.177. The van der Waals surface area contributed by atoms with E-state index in [1.807, 2.05) is 18.4 Å². The average molecular weight is 274 g/mol. The van der Waals surface area contributed by atoms with Crippen LogP contribution in [0.4, 0.5) is 5.69 Å². The van der Waals surface area contributed by atoms with Crippen molar-refractivity contribution in [3.05, 3.63) is 51.7 Å². The molecule has 1 aromatic heterocycles. The average Bonchev–Trinajstić information content (AvgIpc) is 2.84. The van der Waals surface area contributed by atoms with Crippen molar-refractivity contribution < 1.29 is 9.59 Å². The van der Waals surface area contributed by atoms with Gasteiger partial charge in [-0.05, 0) is 42.1 Å². The Labute approximate surface area is 115 Å². The molecular formula is C14H14N2O2S. The van der Waals surface area contributed by atoms with Crippen LogP contribution in [-0.4, -0.2) is 18.9 Å². The van der Waals surface area contributed by atoms with Crippen LogP contribution in [0.15, 0.2) is 35.7 Å². The third-order valence-electron chi connectivity index (χ3n) is 2.68. The van der Waals surface area contributed by atoms with Crippen molar-refractivity contribution in [1.29, 1.82) is 0 Å². The lowest BCUT2D eigenvalue weighted by molar-refractivity contribution is 0.0961. The number of benzene rings is 1. The molecule has 19 heavy (non-hydrogen) atoms. The zero-order chi connectivity index (χ0) is 13.8. The quantitative estimate of drug-likeness (QED) is 0.904. The van der Waals surface area contributed by atoms with E-state index in [1.165, 1.54) is 11.3 Å². The van der Waals surface area contributed by atoms with E-state index in [1.54, 1.807) is 31.3 Å². The zero-order valence-electron chi connectivity index (χ0n) is 10.7. The Balaban J connectivity index is 2.18. The van der Waals surface area contributed by atoms with Gasteiger partial charge in [0.25, 0.3) is 11.8 Å². The number of rotatable bonds is 3. The van der Waals surface area contributed by atoms with Crippen molar-refractivity contribution in [2.45, 2.75) is 6.92 Å². The van der Waals surface area contributed by atoms with Gasteiger partial charge in [0.1, 0.15) is 0 Å². The van der Waals surface area contributed by atoms with E-state index in [0.29, 0.717) is 16.1 Å². The molecule has 0 unspecified atom stereocenters. The van der Waals surface area contributed by atoms with E-state index >= 15 is 0 Å². The largest absolute Gasteiger partial charge is 0.355 e. The van der Waals surface area contributed by atoms with Crippen LogP contribution in [0.1, 0.15) is 25.6 Å². The summed E-state index contributed by atoms with van der Waals surface area (Å²) in [4.78, 5) is 24.2. The third-order valence-corrected chi connectivity index (χ3v) is 3.69. The van der Waals surface area contributed by atoms with E-state index in [-0.39, 0.29) is 11.8 Å². The molecule has 0 atom stereocenters. The van der Waals surface area contributed by atoms with E-state index in [0.717, 1.165) is 5.56 Å². The lowest BCUT2D eigenvalue weighted by Gasteiger charge is -2.06. The second-order valence-corrected chi connectivity index (χ2v) is 4.96. The minimum Gasteiger partial charge on any atom is -0.355 e. The fourth-order valence-electron chi connectivity index (χ4n) is 1.68. The van der Waals surface area contributed by atoms with Gasteiger partial charge in [0.05, 0.1) is 4.88 Å². The van der Waals surface area contributed by atoms with E-state index < -0.39 is 0 Å². The molecule has 0 aliphatic rings. The first kappa shape index (κ1) is 13.3. The number of thiophene rings is 1. The number of nitrogens with one attached hydrogen (secondary N) is 2. The van der Waals surface area contributed by atoms with Crippen LogP contribution in [0, 0.1) is 6.92 Å². The Morgan fingerprint density at radius 3 is 2.58 bits per heavy atom. The summed E-state index contributed by atoms with van der Waals surface area (Å²) in [6.45, 7) is 1.90. The highest BCUT2D eigenvalue weighted by Crippen LogP contribution is 2.18. The molecular weight excluding hydrogens is 260 g/mol. The fourth-order valence-corrected chi connectivity index (χ4v) is 2.50. The Morgan fingerprint density at radius 1 is 1.16 bits per heavy atom. The third kappa shape index (κ3) is 3.00. The monoisotopic (exact) mass is 274 g/mol. The summed E-state index contributed by atoms with van der Waals surface area (Å²) in [6, 6.07) is 8.75. The molecule has 0 radical (unpaired) electrons. The van der Waals surface area contributed by atoms with Gasteiger partial charge in [0.15, 0.2) is 0 Å². The normalized spacial score (nSPS) is 10.0. The molecule has 0 saturated carbocycles. The van der Waals surface area contributed by atoms with Gasteiger partial charge in [-0.3, -0.25) is 9.59 Å². The number of carbonyl (C=O) groups excluding carboxylic acids is 2. The molecule has 1 aromatic carbocycles. The van der Waals surface area contributed by atoms with Crippen molar-refractivity contribution in [2.24, 2.45) is 0 Å². The highest BCUT2D eigenvalue weighted by atomic mass is 32.1. The standard InChI is InChI=1S/C14H14N2O2S/c1-9-6-7-19-12(9)14(18)16-11-5-3-4-10(8-11)13(17)15-2/h3-8H,1-2H3,(H,15,17)(H,16,18). The SMILES string of the molecule is CNC(=O)c1cccc(NC(=O)c2sccc2C)c1. The maximum Gasteiger partial charge on any atom is 0.265 e. The van der Waals surface area contributed by atoms with Gasteiger partial charge >= 0.3 is 0 Å². The lowest BCUT2D eigenvalue weighted by atomic mass is 10.2. The van der Waals surface area contributed by atoms with Crippen molar-refractivity contribution in [3.63, 3.8) is 0 Å². The number of hydrogen-bond donors (Lipinski definition) is 2. The Morgan fingerprint density at radius 2 is 1.95 bits per heavy atom. The zero-order valence-corrected chi connectivity index (χ0v) is 11.5. The second kappa shape index (κ2) is 5.67. The van der Waals surface area contributed by atoms with Gasteiger partial charge in [0, 0.05) is 18.3 Å². The van der Waals surface area contributed by atoms with Crippen LogP contribution in [-0.2, 0) is 0 Å². The Kier molecular flexibility index (Phi) is 3.97. The van der Waals surface area contributed by atoms with Crippen molar-refractivity contribution in [1.82, 2.24) is 5.32 Å². The number of carbonyl (C=O) groups is 2. The first-order valence-electron chi connectivity index (χ1n) is 5.79. The predicted molar refractivity (Wildman–Crippen MR) is 76.8 cm³/mol. The molecule has 0 bridgehead atoms. The first-order valence-corrected chi connectivity index (χ1v) is 6.67. The molecule has 5 heteroatoms. The number of amides is 2. The molecule has 0 aliphatic carbocycles. The van der Waals surface area contributed by atoms with E-state index in [9.17, 15) is 9.59 Å². The van der Waals surface area contributed by atoms with Gasteiger partial charge in [-0.25, -0.2) is 0 Å².